The Morgan fingerprint density at radius 2 is 2.04 bits per heavy atom. The average Bonchev–Trinajstić information content (AvgIpc) is 3.32. The van der Waals surface area contributed by atoms with Crippen molar-refractivity contribution in [3.8, 4) is 11.3 Å². The predicted molar refractivity (Wildman–Crippen MR) is 102 cm³/mol. The summed E-state index contributed by atoms with van der Waals surface area (Å²) >= 11 is 1.74. The third kappa shape index (κ3) is 3.13. The summed E-state index contributed by atoms with van der Waals surface area (Å²) in [6.07, 6.45) is 2.54. The Morgan fingerprint density at radius 1 is 1.20 bits per heavy atom. The first kappa shape index (κ1) is 15.8. The van der Waals surface area contributed by atoms with Gasteiger partial charge in [-0.2, -0.15) is 25.9 Å². The molecule has 0 aliphatic rings. The van der Waals surface area contributed by atoms with Gasteiger partial charge in [0.25, 0.3) is 5.78 Å². The summed E-state index contributed by atoms with van der Waals surface area (Å²) in [4.78, 5) is 11.2. The molecule has 1 atom stereocenters. The summed E-state index contributed by atoms with van der Waals surface area (Å²) in [6.45, 7) is 2.23. The molecule has 1 aromatic carbocycles. The number of benzene rings is 1. The lowest BCUT2D eigenvalue weighted by Gasteiger charge is -2.27. The van der Waals surface area contributed by atoms with Gasteiger partial charge in [0.15, 0.2) is 0 Å². The Balaban J connectivity index is 1.73. The quantitative estimate of drug-likeness (QED) is 0.548. The third-order valence-electron chi connectivity index (χ3n) is 4.44. The first-order valence-corrected chi connectivity index (χ1v) is 9.17. The van der Waals surface area contributed by atoms with E-state index in [9.17, 15) is 0 Å². The highest BCUT2D eigenvalue weighted by Crippen LogP contribution is 2.25. The van der Waals surface area contributed by atoms with Gasteiger partial charge in [0.2, 0.25) is 0 Å². The molecule has 0 amide bonds. The number of fused-ring (bicyclic) bond motifs is 1. The molecular weight excluding hydrogens is 330 g/mol. The van der Waals surface area contributed by atoms with Crippen molar-refractivity contribution in [2.45, 2.75) is 19.4 Å². The van der Waals surface area contributed by atoms with Crippen LogP contribution in [0.1, 0.15) is 12.5 Å². The minimum absolute atomic E-state index is 0.327. The summed E-state index contributed by atoms with van der Waals surface area (Å²) in [5.41, 5.74) is 3.34. The van der Waals surface area contributed by atoms with E-state index in [4.69, 9.17) is 0 Å². The Morgan fingerprint density at radius 3 is 2.80 bits per heavy atom. The molecule has 0 aliphatic heterocycles. The van der Waals surface area contributed by atoms with Gasteiger partial charge in [0.05, 0.1) is 5.69 Å². The second-order valence-electron chi connectivity index (χ2n) is 6.13. The molecular formula is C19H19N5S. The fourth-order valence-electron chi connectivity index (χ4n) is 2.92. The SMILES string of the molecule is CC(Cc1ccsc1)N(C)c1cc(-c2ccccc2)nc2ncnn12. The second kappa shape index (κ2) is 6.64. The predicted octanol–water partition coefficient (Wildman–Crippen LogP) is 3.92. The summed E-state index contributed by atoms with van der Waals surface area (Å²) in [6, 6.07) is 14.8. The molecule has 3 heterocycles. The van der Waals surface area contributed by atoms with Crippen LogP contribution >= 0.6 is 11.3 Å². The van der Waals surface area contributed by atoms with E-state index >= 15 is 0 Å². The van der Waals surface area contributed by atoms with Gasteiger partial charge in [0, 0.05) is 24.7 Å². The van der Waals surface area contributed by atoms with Crippen molar-refractivity contribution < 1.29 is 0 Å². The Labute approximate surface area is 150 Å². The van der Waals surface area contributed by atoms with Gasteiger partial charge in [-0.05, 0) is 35.7 Å². The molecule has 0 saturated carbocycles. The van der Waals surface area contributed by atoms with E-state index in [1.54, 1.807) is 22.2 Å². The van der Waals surface area contributed by atoms with E-state index < -0.39 is 0 Å². The van der Waals surface area contributed by atoms with Crippen molar-refractivity contribution in [2.75, 3.05) is 11.9 Å². The molecule has 6 heteroatoms. The van der Waals surface area contributed by atoms with Crippen LogP contribution in [0.25, 0.3) is 17.0 Å². The summed E-state index contributed by atoms with van der Waals surface area (Å²) in [5, 5.41) is 8.69. The fourth-order valence-corrected chi connectivity index (χ4v) is 3.60. The van der Waals surface area contributed by atoms with E-state index in [1.165, 1.54) is 5.56 Å². The van der Waals surface area contributed by atoms with Crippen LogP contribution < -0.4 is 4.90 Å². The highest BCUT2D eigenvalue weighted by atomic mass is 32.1. The van der Waals surface area contributed by atoms with Crippen molar-refractivity contribution >= 4 is 22.9 Å². The van der Waals surface area contributed by atoms with E-state index in [-0.39, 0.29) is 0 Å². The van der Waals surface area contributed by atoms with Gasteiger partial charge >= 0.3 is 0 Å². The Kier molecular flexibility index (Phi) is 4.19. The number of nitrogens with zero attached hydrogens (tertiary/aromatic N) is 5. The van der Waals surface area contributed by atoms with Crippen LogP contribution in [0, 0.1) is 0 Å². The average molecular weight is 349 g/mol. The smallest absolute Gasteiger partial charge is 0.254 e. The van der Waals surface area contributed by atoms with Crippen molar-refractivity contribution in [3.63, 3.8) is 0 Å². The zero-order chi connectivity index (χ0) is 17.2. The Hall–Kier alpha value is -2.73. The van der Waals surface area contributed by atoms with Gasteiger partial charge in [-0.15, -0.1) is 0 Å². The maximum absolute atomic E-state index is 4.65. The van der Waals surface area contributed by atoms with Gasteiger partial charge in [-0.25, -0.2) is 4.98 Å². The lowest BCUT2D eigenvalue weighted by Crippen LogP contribution is -2.32. The van der Waals surface area contributed by atoms with Crippen LogP contribution in [0.5, 0.6) is 0 Å². The minimum Gasteiger partial charge on any atom is -0.356 e. The highest BCUT2D eigenvalue weighted by molar-refractivity contribution is 7.07. The van der Waals surface area contributed by atoms with Crippen LogP contribution in [0.2, 0.25) is 0 Å². The molecule has 0 N–H and O–H groups in total. The van der Waals surface area contributed by atoms with Crippen LogP contribution in [0.15, 0.2) is 59.6 Å². The van der Waals surface area contributed by atoms with E-state index in [1.807, 2.05) is 18.2 Å². The molecule has 5 nitrogen and oxygen atoms in total. The molecule has 4 aromatic rings. The largest absolute Gasteiger partial charge is 0.356 e. The number of hydrogen-bond donors (Lipinski definition) is 0. The molecule has 4 rings (SSSR count). The highest BCUT2D eigenvalue weighted by Gasteiger charge is 2.17. The minimum atomic E-state index is 0.327. The molecule has 0 radical (unpaired) electrons. The molecule has 126 valence electrons. The van der Waals surface area contributed by atoms with Crippen LogP contribution in [0.3, 0.4) is 0 Å². The summed E-state index contributed by atoms with van der Waals surface area (Å²) in [7, 11) is 2.10. The van der Waals surface area contributed by atoms with Crippen molar-refractivity contribution in [1.82, 2.24) is 19.6 Å². The van der Waals surface area contributed by atoms with Crippen LogP contribution in [-0.4, -0.2) is 32.7 Å². The zero-order valence-corrected chi connectivity index (χ0v) is 15.0. The molecule has 3 aromatic heterocycles. The Bertz CT molecular complexity index is 962. The van der Waals surface area contributed by atoms with Crippen LogP contribution in [0.4, 0.5) is 5.82 Å². The number of aromatic nitrogens is 4. The van der Waals surface area contributed by atoms with Crippen molar-refractivity contribution in [2.24, 2.45) is 0 Å². The third-order valence-corrected chi connectivity index (χ3v) is 5.17. The van der Waals surface area contributed by atoms with Crippen molar-refractivity contribution in [3.05, 3.63) is 65.1 Å². The molecule has 0 aliphatic carbocycles. The fraction of sp³-hybridized carbons (Fsp3) is 0.211. The van der Waals surface area contributed by atoms with Gasteiger partial charge in [0.1, 0.15) is 12.1 Å². The molecule has 0 saturated heterocycles. The summed E-state index contributed by atoms with van der Waals surface area (Å²) < 4.78 is 1.80. The van der Waals surface area contributed by atoms with Gasteiger partial charge in [-0.1, -0.05) is 30.3 Å². The normalized spacial score (nSPS) is 12.4. The van der Waals surface area contributed by atoms with Gasteiger partial charge < -0.3 is 4.90 Å². The number of thiophene rings is 1. The molecule has 0 spiro atoms. The van der Waals surface area contributed by atoms with E-state index in [0.717, 1.165) is 23.5 Å². The standard InChI is InChI=1S/C19H19N5S/c1-14(10-15-8-9-25-12-15)23(2)18-11-17(16-6-4-3-5-7-16)22-19-20-13-21-24(18)19/h3-9,11-14H,10H2,1-2H3. The first-order valence-electron chi connectivity index (χ1n) is 8.22. The lowest BCUT2D eigenvalue weighted by molar-refractivity contribution is 0.664. The lowest BCUT2D eigenvalue weighted by atomic mass is 10.1. The van der Waals surface area contributed by atoms with Crippen LogP contribution in [-0.2, 0) is 6.42 Å². The number of rotatable bonds is 5. The molecule has 0 fully saturated rings. The monoisotopic (exact) mass is 349 g/mol. The number of anilines is 1. The molecule has 25 heavy (non-hydrogen) atoms. The zero-order valence-electron chi connectivity index (χ0n) is 14.2. The second-order valence-corrected chi connectivity index (χ2v) is 6.91. The number of hydrogen-bond acceptors (Lipinski definition) is 5. The maximum atomic E-state index is 4.65. The molecule has 0 bridgehead atoms. The topological polar surface area (TPSA) is 46.3 Å². The maximum Gasteiger partial charge on any atom is 0.254 e. The van der Waals surface area contributed by atoms with E-state index in [0.29, 0.717) is 11.8 Å². The first-order chi connectivity index (χ1) is 12.2. The molecule has 1 unspecified atom stereocenters. The van der Waals surface area contributed by atoms with E-state index in [2.05, 4.69) is 69.0 Å². The van der Waals surface area contributed by atoms with Crippen molar-refractivity contribution in [1.29, 1.82) is 0 Å². The summed E-state index contributed by atoms with van der Waals surface area (Å²) in [5.74, 6) is 1.61. The number of likely N-dealkylation sites (N-methyl/N-ethyl adjacent to an activating group) is 1. The van der Waals surface area contributed by atoms with Gasteiger partial charge in [-0.3, -0.25) is 0 Å².